The van der Waals surface area contributed by atoms with Crippen molar-refractivity contribution in [1.29, 1.82) is 0 Å². The van der Waals surface area contributed by atoms with Gasteiger partial charge in [-0.05, 0) is 64.3 Å². The van der Waals surface area contributed by atoms with Crippen LogP contribution in [0.1, 0.15) is 128 Å². The predicted octanol–water partition coefficient (Wildman–Crippen LogP) is 4.15. The van der Waals surface area contributed by atoms with Crippen LogP contribution in [0.2, 0.25) is 0 Å². The van der Waals surface area contributed by atoms with Gasteiger partial charge in [0.05, 0.1) is 6.04 Å². The van der Waals surface area contributed by atoms with Gasteiger partial charge in [-0.3, -0.25) is 14.4 Å². The molecule has 0 unspecified atom stereocenters. The summed E-state index contributed by atoms with van der Waals surface area (Å²) in [5, 5.41) is 6.02. The van der Waals surface area contributed by atoms with Crippen molar-refractivity contribution >= 4 is 17.7 Å². The molecule has 6 N–H and O–H groups in total. The minimum absolute atomic E-state index is 0.0860. The molecule has 3 amide bonds. The molecule has 0 saturated carbocycles. The minimum atomic E-state index is -0.395. The van der Waals surface area contributed by atoms with Crippen molar-refractivity contribution < 1.29 is 14.4 Å². The number of carbonyl (C=O) groups excluding carboxylic acids is 3. The molecule has 0 radical (unpaired) electrons. The smallest absolute Gasteiger partial charge is 0.239 e. The van der Waals surface area contributed by atoms with Gasteiger partial charge >= 0.3 is 0 Å². The first kappa shape index (κ1) is 33.4. The van der Waals surface area contributed by atoms with E-state index in [1.54, 1.807) is 0 Å². The van der Waals surface area contributed by atoms with Crippen molar-refractivity contribution in [2.24, 2.45) is 11.5 Å². The fourth-order valence-corrected chi connectivity index (χ4v) is 4.85. The van der Waals surface area contributed by atoms with E-state index in [0.717, 1.165) is 96.8 Å². The van der Waals surface area contributed by atoms with E-state index in [-0.39, 0.29) is 17.7 Å². The lowest BCUT2D eigenvalue weighted by atomic mass is 10.1. The highest BCUT2D eigenvalue weighted by Gasteiger charge is 2.23. The predicted molar refractivity (Wildman–Crippen MR) is 152 cm³/mol. The lowest BCUT2D eigenvalue weighted by molar-refractivity contribution is -0.131. The first-order valence-corrected chi connectivity index (χ1v) is 15.3. The number of nitrogens with two attached hydrogens (primary N) is 2. The van der Waals surface area contributed by atoms with Crippen molar-refractivity contribution in [1.82, 2.24) is 15.5 Å². The Hall–Kier alpha value is -1.67. The van der Waals surface area contributed by atoms with Crippen LogP contribution >= 0.6 is 0 Å². The van der Waals surface area contributed by atoms with E-state index >= 15 is 0 Å². The Morgan fingerprint density at radius 3 is 1.57 bits per heavy atom. The summed E-state index contributed by atoms with van der Waals surface area (Å²) >= 11 is 0. The molecule has 1 aliphatic rings. The van der Waals surface area contributed by atoms with Crippen molar-refractivity contribution in [3.63, 3.8) is 0 Å². The fourth-order valence-electron chi connectivity index (χ4n) is 4.85. The van der Waals surface area contributed by atoms with Crippen molar-refractivity contribution in [3.05, 3.63) is 0 Å². The summed E-state index contributed by atoms with van der Waals surface area (Å²) in [4.78, 5) is 37.8. The second kappa shape index (κ2) is 23.4. The van der Waals surface area contributed by atoms with Gasteiger partial charge in [0.2, 0.25) is 17.7 Å². The van der Waals surface area contributed by atoms with Crippen molar-refractivity contribution in [3.8, 4) is 0 Å². The number of unbranched alkanes of at least 4 members (excludes halogenated alkanes) is 12. The van der Waals surface area contributed by atoms with Gasteiger partial charge in [-0.25, -0.2) is 0 Å². The maximum absolute atomic E-state index is 12.2. The Morgan fingerprint density at radius 2 is 1.05 bits per heavy atom. The number of nitrogens with zero attached hydrogens (tertiary/aromatic N) is 1. The van der Waals surface area contributed by atoms with Gasteiger partial charge in [0.15, 0.2) is 0 Å². The van der Waals surface area contributed by atoms with Crippen LogP contribution in [0, 0.1) is 0 Å². The molecule has 1 saturated heterocycles. The van der Waals surface area contributed by atoms with Crippen LogP contribution in [0.15, 0.2) is 0 Å². The van der Waals surface area contributed by atoms with E-state index in [2.05, 4.69) is 10.6 Å². The van der Waals surface area contributed by atoms with E-state index < -0.39 is 6.04 Å². The zero-order valence-corrected chi connectivity index (χ0v) is 23.6. The summed E-state index contributed by atoms with van der Waals surface area (Å²) in [6, 6.07) is -0.395. The van der Waals surface area contributed by atoms with Crippen LogP contribution in [0.25, 0.3) is 0 Å². The minimum Gasteiger partial charge on any atom is -0.356 e. The third kappa shape index (κ3) is 19.1. The third-order valence-electron chi connectivity index (χ3n) is 7.26. The summed E-state index contributed by atoms with van der Waals surface area (Å²) in [5.74, 6) is 0.408. The quantitative estimate of drug-likeness (QED) is 0.141. The second-order valence-corrected chi connectivity index (χ2v) is 10.7. The van der Waals surface area contributed by atoms with Gasteiger partial charge in [-0.1, -0.05) is 57.8 Å². The average molecular weight is 524 g/mol. The number of hydrogen-bond acceptors (Lipinski definition) is 5. The molecule has 8 heteroatoms. The largest absolute Gasteiger partial charge is 0.356 e. The first-order chi connectivity index (χ1) is 18.0. The molecule has 0 aliphatic carbocycles. The monoisotopic (exact) mass is 523 g/mol. The molecule has 1 rings (SSSR count). The Morgan fingerprint density at radius 1 is 0.622 bits per heavy atom. The summed E-state index contributed by atoms with van der Waals surface area (Å²) in [6.45, 7) is 3.91. The summed E-state index contributed by atoms with van der Waals surface area (Å²) < 4.78 is 0. The molecule has 1 fully saturated rings. The van der Waals surface area contributed by atoms with Crippen LogP contribution in [0.3, 0.4) is 0 Å². The normalized spacial score (nSPS) is 14.1. The van der Waals surface area contributed by atoms with Gasteiger partial charge in [-0.2, -0.15) is 0 Å². The molecular weight excluding hydrogens is 466 g/mol. The van der Waals surface area contributed by atoms with E-state index in [9.17, 15) is 14.4 Å². The van der Waals surface area contributed by atoms with Crippen molar-refractivity contribution in [2.75, 3.05) is 32.7 Å². The lowest BCUT2D eigenvalue weighted by Crippen LogP contribution is -2.42. The highest BCUT2D eigenvalue weighted by Crippen LogP contribution is 2.12. The molecule has 8 nitrogen and oxygen atoms in total. The van der Waals surface area contributed by atoms with Gasteiger partial charge in [0, 0.05) is 39.0 Å². The maximum atomic E-state index is 12.2. The molecule has 0 aromatic heterocycles. The molecule has 0 aromatic rings. The molecule has 1 aliphatic heterocycles. The lowest BCUT2D eigenvalue weighted by Gasteiger charge is -2.20. The van der Waals surface area contributed by atoms with Gasteiger partial charge in [0.25, 0.3) is 0 Å². The Kier molecular flexibility index (Phi) is 21.1. The SMILES string of the molecule is NCCCCCCC(=O)NCCCCCCCCCCCC(=O)NCCCC[C@H](N)C(=O)N1CCCC1. The summed E-state index contributed by atoms with van der Waals surface area (Å²) in [6.07, 6.45) is 20.6. The first-order valence-electron chi connectivity index (χ1n) is 15.3. The van der Waals surface area contributed by atoms with E-state index in [4.69, 9.17) is 11.5 Å². The summed E-state index contributed by atoms with van der Waals surface area (Å²) in [7, 11) is 0. The molecule has 0 aromatic carbocycles. The van der Waals surface area contributed by atoms with E-state index in [1.165, 1.54) is 38.5 Å². The standard InChI is InChI=1S/C29H57N5O3/c30-21-13-8-7-11-20-27(35)32-22-14-9-5-3-1-2-4-6-10-19-28(36)33-23-15-12-18-26(31)29(37)34-24-16-17-25-34/h26H,1-25,30-31H2,(H,32,35)(H,33,36)/t26-/m0/s1. The van der Waals surface area contributed by atoms with Crippen LogP contribution in [-0.2, 0) is 14.4 Å². The molecule has 37 heavy (non-hydrogen) atoms. The van der Waals surface area contributed by atoms with E-state index in [0.29, 0.717) is 25.8 Å². The topological polar surface area (TPSA) is 131 Å². The van der Waals surface area contributed by atoms with Crippen LogP contribution in [0.5, 0.6) is 0 Å². The molecular formula is C29H57N5O3. The highest BCUT2D eigenvalue weighted by molar-refractivity contribution is 5.81. The zero-order valence-electron chi connectivity index (χ0n) is 23.6. The Labute approximate surface area is 226 Å². The average Bonchev–Trinajstić information content (AvgIpc) is 3.43. The molecule has 1 atom stereocenters. The third-order valence-corrected chi connectivity index (χ3v) is 7.26. The van der Waals surface area contributed by atoms with Crippen LogP contribution in [0.4, 0.5) is 0 Å². The van der Waals surface area contributed by atoms with Crippen molar-refractivity contribution in [2.45, 2.75) is 134 Å². The zero-order chi connectivity index (χ0) is 27.0. The van der Waals surface area contributed by atoms with Crippen LogP contribution < -0.4 is 22.1 Å². The van der Waals surface area contributed by atoms with Gasteiger partial charge < -0.3 is 27.0 Å². The highest BCUT2D eigenvalue weighted by atomic mass is 16.2. The molecule has 1 heterocycles. The number of hydrogen-bond donors (Lipinski definition) is 4. The number of nitrogens with one attached hydrogen (secondary N) is 2. The fraction of sp³-hybridized carbons (Fsp3) is 0.897. The molecule has 0 spiro atoms. The maximum Gasteiger partial charge on any atom is 0.239 e. The molecule has 0 bridgehead atoms. The van der Waals surface area contributed by atoms with Gasteiger partial charge in [0.1, 0.15) is 0 Å². The summed E-state index contributed by atoms with van der Waals surface area (Å²) in [5.41, 5.74) is 11.5. The van der Waals surface area contributed by atoms with Gasteiger partial charge in [-0.15, -0.1) is 0 Å². The number of likely N-dealkylation sites (tertiary alicyclic amines) is 1. The second-order valence-electron chi connectivity index (χ2n) is 10.7. The Balaban J connectivity index is 1.79. The van der Waals surface area contributed by atoms with E-state index in [1.807, 2.05) is 4.90 Å². The molecule has 216 valence electrons. The Bertz CT molecular complexity index is 596. The number of amides is 3. The number of rotatable bonds is 24. The van der Waals surface area contributed by atoms with Crippen LogP contribution in [-0.4, -0.2) is 61.4 Å². The number of carbonyl (C=O) groups is 3.